The molecule has 34 heavy (non-hydrogen) atoms. The van der Waals surface area contributed by atoms with Crippen molar-refractivity contribution in [1.29, 1.82) is 0 Å². The van der Waals surface area contributed by atoms with Crippen LogP contribution in [0.3, 0.4) is 0 Å². The molecule has 2 heterocycles. The molecule has 4 aromatic rings. The van der Waals surface area contributed by atoms with Gasteiger partial charge in [0.05, 0.1) is 11.6 Å². The molecule has 2 aromatic carbocycles. The van der Waals surface area contributed by atoms with Crippen molar-refractivity contribution in [2.24, 2.45) is 0 Å². The number of anilines is 2. The summed E-state index contributed by atoms with van der Waals surface area (Å²) in [6.07, 6.45) is -1.15. The maximum atomic E-state index is 13.3. The van der Waals surface area contributed by atoms with Crippen LogP contribution in [0.5, 0.6) is 0 Å². The second-order valence-electron chi connectivity index (χ2n) is 7.79. The molecule has 0 spiro atoms. The second-order valence-corrected chi connectivity index (χ2v) is 9.01. The lowest BCUT2D eigenvalue weighted by atomic mass is 9.97. The summed E-state index contributed by atoms with van der Waals surface area (Å²) < 4.78 is 39.9. The molecule has 0 fully saturated rings. The fourth-order valence-electron chi connectivity index (χ4n) is 3.67. The van der Waals surface area contributed by atoms with Crippen molar-refractivity contribution in [3.05, 3.63) is 112 Å². The van der Waals surface area contributed by atoms with Gasteiger partial charge in [0.2, 0.25) is 0 Å². The maximum absolute atomic E-state index is 13.3. The van der Waals surface area contributed by atoms with Crippen molar-refractivity contribution in [3.8, 4) is 0 Å². The number of nitrogens with zero attached hydrogens (tertiary/aromatic N) is 1. The van der Waals surface area contributed by atoms with E-state index in [1.165, 1.54) is 17.4 Å². The molecule has 0 aliphatic heterocycles. The minimum absolute atomic E-state index is 0.257. The van der Waals surface area contributed by atoms with Gasteiger partial charge in [-0.3, -0.25) is 9.78 Å². The number of nitrogens with one attached hydrogen (secondary N) is 2. The van der Waals surface area contributed by atoms with Gasteiger partial charge in [-0.15, -0.1) is 11.3 Å². The van der Waals surface area contributed by atoms with Crippen LogP contribution in [0.2, 0.25) is 0 Å². The number of carbonyl (C=O) groups excluding carboxylic acids is 1. The molecule has 8 heteroatoms. The second kappa shape index (κ2) is 9.69. The number of halogens is 3. The molecule has 0 saturated carbocycles. The summed E-state index contributed by atoms with van der Waals surface area (Å²) in [6, 6.07) is 17.0. The zero-order valence-corrected chi connectivity index (χ0v) is 19.3. The number of rotatable bonds is 6. The molecular formula is C26H22F3N3OS. The molecule has 174 valence electrons. The molecule has 0 radical (unpaired) electrons. The summed E-state index contributed by atoms with van der Waals surface area (Å²) in [5.74, 6) is -0.257. The lowest BCUT2D eigenvalue weighted by molar-refractivity contribution is -0.137. The van der Waals surface area contributed by atoms with E-state index in [-0.39, 0.29) is 5.91 Å². The highest BCUT2D eigenvalue weighted by Gasteiger charge is 2.31. The van der Waals surface area contributed by atoms with Crippen LogP contribution in [0.1, 0.15) is 43.5 Å². The van der Waals surface area contributed by atoms with Crippen LogP contribution in [-0.4, -0.2) is 10.9 Å². The van der Waals surface area contributed by atoms with E-state index >= 15 is 0 Å². The Morgan fingerprint density at radius 3 is 2.44 bits per heavy atom. The summed E-state index contributed by atoms with van der Waals surface area (Å²) in [4.78, 5) is 18.1. The van der Waals surface area contributed by atoms with Gasteiger partial charge in [-0.25, -0.2) is 0 Å². The lowest BCUT2D eigenvalue weighted by Gasteiger charge is -2.23. The third kappa shape index (κ3) is 5.12. The van der Waals surface area contributed by atoms with Gasteiger partial charge in [-0.1, -0.05) is 30.3 Å². The molecule has 1 unspecified atom stereocenters. The molecule has 0 aliphatic carbocycles. The Kier molecular flexibility index (Phi) is 6.70. The van der Waals surface area contributed by atoms with Gasteiger partial charge in [0, 0.05) is 34.1 Å². The highest BCUT2D eigenvalue weighted by atomic mass is 32.1. The summed E-state index contributed by atoms with van der Waals surface area (Å²) in [7, 11) is 0. The van der Waals surface area contributed by atoms with Crippen molar-refractivity contribution in [1.82, 2.24) is 4.98 Å². The highest BCUT2D eigenvalue weighted by Crippen LogP contribution is 2.41. The van der Waals surface area contributed by atoms with Gasteiger partial charge in [-0.05, 0) is 61.4 Å². The summed E-state index contributed by atoms with van der Waals surface area (Å²) in [5, 5.41) is 6.88. The molecule has 4 rings (SSSR count). The molecule has 0 saturated heterocycles. The number of hydrogen-bond acceptors (Lipinski definition) is 4. The van der Waals surface area contributed by atoms with Crippen molar-refractivity contribution >= 4 is 27.9 Å². The van der Waals surface area contributed by atoms with Crippen LogP contribution in [0, 0.1) is 13.8 Å². The van der Waals surface area contributed by atoms with Crippen LogP contribution in [0.15, 0.2) is 79.1 Å². The topological polar surface area (TPSA) is 54.0 Å². The van der Waals surface area contributed by atoms with Gasteiger partial charge in [0.25, 0.3) is 5.91 Å². The smallest absolute Gasteiger partial charge is 0.374 e. The first kappa shape index (κ1) is 23.5. The largest absolute Gasteiger partial charge is 0.416 e. The Labute approximate surface area is 199 Å². The summed E-state index contributed by atoms with van der Waals surface area (Å²) >= 11 is 1.43. The molecular weight excluding hydrogens is 459 g/mol. The number of hydrogen-bond donors (Lipinski definition) is 2. The Morgan fingerprint density at radius 1 is 1.00 bits per heavy atom. The van der Waals surface area contributed by atoms with Gasteiger partial charge < -0.3 is 10.6 Å². The quantitative estimate of drug-likeness (QED) is 0.305. The van der Waals surface area contributed by atoms with Gasteiger partial charge in [0.1, 0.15) is 5.00 Å². The monoisotopic (exact) mass is 481 g/mol. The highest BCUT2D eigenvalue weighted by molar-refractivity contribution is 7.16. The maximum Gasteiger partial charge on any atom is 0.416 e. The first-order valence-electron chi connectivity index (χ1n) is 10.5. The molecule has 0 aliphatic rings. The zero-order valence-electron chi connectivity index (χ0n) is 18.5. The fourth-order valence-corrected chi connectivity index (χ4v) is 4.76. The lowest BCUT2D eigenvalue weighted by Crippen LogP contribution is -2.18. The van der Waals surface area contributed by atoms with Gasteiger partial charge >= 0.3 is 6.18 Å². The number of aromatic nitrogens is 1. The van der Waals surface area contributed by atoms with E-state index in [0.717, 1.165) is 33.7 Å². The molecule has 2 N–H and O–H groups in total. The number of amides is 1. The van der Waals surface area contributed by atoms with Crippen LogP contribution < -0.4 is 10.6 Å². The normalized spacial score (nSPS) is 12.3. The molecule has 1 amide bonds. The van der Waals surface area contributed by atoms with Gasteiger partial charge in [0.15, 0.2) is 0 Å². The van der Waals surface area contributed by atoms with E-state index in [4.69, 9.17) is 0 Å². The molecule has 1 atom stereocenters. The average molecular weight is 482 g/mol. The number of alkyl halides is 3. The van der Waals surface area contributed by atoms with E-state index < -0.39 is 17.8 Å². The number of thiophene rings is 1. The molecule has 2 aromatic heterocycles. The molecule has 0 bridgehead atoms. The standard InChI is InChI=1S/C26H22F3N3OS/c1-16-17(2)34-25(32-24(33)18-8-4-3-5-9-18)22(16)23(19-10-7-13-30-15-19)31-21-12-6-11-20(14-21)26(27,28)29/h3-15,23,31H,1-2H3,(H,32,33). The predicted molar refractivity (Wildman–Crippen MR) is 129 cm³/mol. The minimum atomic E-state index is -4.45. The van der Waals surface area contributed by atoms with Crippen molar-refractivity contribution < 1.29 is 18.0 Å². The van der Waals surface area contributed by atoms with E-state index in [1.54, 1.807) is 48.8 Å². The SMILES string of the molecule is Cc1sc(NC(=O)c2ccccc2)c(C(Nc2cccc(C(F)(F)F)c2)c2cccnc2)c1C. The van der Waals surface area contributed by atoms with E-state index in [0.29, 0.717) is 16.3 Å². The zero-order chi connectivity index (χ0) is 24.3. The first-order chi connectivity index (χ1) is 16.2. The van der Waals surface area contributed by atoms with Crippen LogP contribution in [0.4, 0.5) is 23.9 Å². The Balaban J connectivity index is 1.77. The van der Waals surface area contributed by atoms with Crippen molar-refractivity contribution in [3.63, 3.8) is 0 Å². The number of aryl methyl sites for hydroxylation is 1. The van der Waals surface area contributed by atoms with E-state index in [1.807, 2.05) is 26.0 Å². The van der Waals surface area contributed by atoms with Crippen LogP contribution in [-0.2, 0) is 6.18 Å². The Bertz CT molecular complexity index is 1290. The summed E-state index contributed by atoms with van der Waals surface area (Å²) in [6.45, 7) is 3.89. The fraction of sp³-hybridized carbons (Fsp3) is 0.154. The Morgan fingerprint density at radius 2 is 1.76 bits per heavy atom. The number of pyridine rings is 1. The Hall–Kier alpha value is -3.65. The van der Waals surface area contributed by atoms with E-state index in [9.17, 15) is 18.0 Å². The molecule has 4 nitrogen and oxygen atoms in total. The minimum Gasteiger partial charge on any atom is -0.374 e. The number of carbonyl (C=O) groups is 1. The van der Waals surface area contributed by atoms with Gasteiger partial charge in [-0.2, -0.15) is 13.2 Å². The summed E-state index contributed by atoms with van der Waals surface area (Å²) in [5.41, 5.74) is 2.58. The third-order valence-electron chi connectivity index (χ3n) is 5.50. The average Bonchev–Trinajstić information content (AvgIpc) is 3.11. The van der Waals surface area contributed by atoms with Crippen LogP contribution >= 0.6 is 11.3 Å². The third-order valence-corrected chi connectivity index (χ3v) is 6.64. The number of benzene rings is 2. The predicted octanol–water partition coefficient (Wildman–Crippen LogP) is 7.23. The first-order valence-corrected chi connectivity index (χ1v) is 11.4. The van der Waals surface area contributed by atoms with Crippen molar-refractivity contribution in [2.45, 2.75) is 26.1 Å². The van der Waals surface area contributed by atoms with Crippen molar-refractivity contribution in [2.75, 3.05) is 10.6 Å². The van der Waals surface area contributed by atoms with E-state index in [2.05, 4.69) is 15.6 Å². The van der Waals surface area contributed by atoms with Crippen LogP contribution in [0.25, 0.3) is 0 Å².